The van der Waals surface area contributed by atoms with Crippen LogP contribution in [0.2, 0.25) is 0 Å². The molecule has 0 aliphatic heterocycles. The minimum Gasteiger partial charge on any atom is -0.394 e. The fourth-order valence-electron chi connectivity index (χ4n) is 1.74. The maximum Gasteiger partial charge on any atom is 0.126 e. The Balaban J connectivity index is 2.89. The van der Waals surface area contributed by atoms with Gasteiger partial charge in [-0.25, -0.2) is 8.78 Å². The van der Waals surface area contributed by atoms with Gasteiger partial charge in [-0.3, -0.25) is 0 Å². The zero-order valence-electron chi connectivity index (χ0n) is 9.16. The molecule has 0 spiro atoms. The van der Waals surface area contributed by atoms with Gasteiger partial charge in [-0.15, -0.1) is 0 Å². The van der Waals surface area contributed by atoms with Crippen LogP contribution in [0.5, 0.6) is 0 Å². The topological polar surface area (TPSA) is 40.5 Å². The number of rotatable bonds is 5. The summed E-state index contributed by atoms with van der Waals surface area (Å²) in [5.74, 6) is -1.25. The molecule has 2 unspecified atom stereocenters. The third-order valence-corrected chi connectivity index (χ3v) is 2.66. The quantitative estimate of drug-likeness (QED) is 0.814. The van der Waals surface area contributed by atoms with Crippen LogP contribution in [0.4, 0.5) is 8.78 Å². The lowest BCUT2D eigenvalue weighted by molar-refractivity contribution is 0.0814. The van der Waals surface area contributed by atoms with E-state index in [4.69, 9.17) is 5.11 Å². The summed E-state index contributed by atoms with van der Waals surface area (Å²) in [6.07, 6.45) is -0.0854. The molecule has 0 aromatic heterocycles. The summed E-state index contributed by atoms with van der Waals surface area (Å²) in [5, 5.41) is 18.0. The van der Waals surface area contributed by atoms with Crippen LogP contribution >= 0.6 is 0 Å². The van der Waals surface area contributed by atoms with E-state index < -0.39 is 17.7 Å². The van der Waals surface area contributed by atoms with Crippen LogP contribution in [0.15, 0.2) is 18.2 Å². The summed E-state index contributed by atoms with van der Waals surface area (Å²) in [6, 6.07) is 3.29. The van der Waals surface area contributed by atoms with Crippen LogP contribution in [-0.2, 0) is 0 Å². The first-order valence-electron chi connectivity index (χ1n) is 5.32. The highest BCUT2D eigenvalue weighted by Crippen LogP contribution is 2.27. The molecule has 2 N–H and O–H groups in total. The van der Waals surface area contributed by atoms with Gasteiger partial charge in [-0.05, 0) is 42.5 Å². The molecule has 0 saturated heterocycles. The van der Waals surface area contributed by atoms with Gasteiger partial charge in [0.05, 0.1) is 12.7 Å². The molecule has 0 amide bonds. The molecule has 2 nitrogen and oxygen atoms in total. The Labute approximate surface area is 93.5 Å². The molecule has 0 aliphatic carbocycles. The summed E-state index contributed by atoms with van der Waals surface area (Å²) in [5.41, 5.74) is 0.259. The van der Waals surface area contributed by atoms with Crippen molar-refractivity contribution >= 4 is 0 Å². The highest BCUT2D eigenvalue weighted by Gasteiger charge is 2.18. The zero-order valence-corrected chi connectivity index (χ0v) is 9.16. The second-order valence-electron chi connectivity index (χ2n) is 3.84. The fraction of sp³-hybridized carbons (Fsp3) is 0.500. The maximum atomic E-state index is 13.5. The predicted octanol–water partition coefficient (Wildman–Crippen LogP) is 2.20. The van der Waals surface area contributed by atoms with E-state index in [-0.39, 0.29) is 24.5 Å². The van der Waals surface area contributed by atoms with Crippen molar-refractivity contribution in [2.45, 2.75) is 31.8 Å². The molecular formula is C12H16F2O2. The summed E-state index contributed by atoms with van der Waals surface area (Å²) < 4.78 is 26.4. The van der Waals surface area contributed by atoms with Crippen molar-refractivity contribution < 1.29 is 19.0 Å². The molecule has 2 atom stereocenters. The fourth-order valence-corrected chi connectivity index (χ4v) is 1.74. The number of aliphatic hydroxyl groups excluding tert-OH is 2. The van der Waals surface area contributed by atoms with Gasteiger partial charge in [0.15, 0.2) is 0 Å². The molecule has 0 bridgehead atoms. The van der Waals surface area contributed by atoms with Crippen molar-refractivity contribution in [2.24, 2.45) is 0 Å². The zero-order chi connectivity index (χ0) is 12.1. The van der Waals surface area contributed by atoms with E-state index in [2.05, 4.69) is 0 Å². The van der Waals surface area contributed by atoms with E-state index in [1.54, 1.807) is 0 Å². The Morgan fingerprint density at radius 2 is 2.00 bits per heavy atom. The summed E-state index contributed by atoms with van der Waals surface area (Å²) >= 11 is 0. The largest absolute Gasteiger partial charge is 0.394 e. The average Bonchev–Trinajstić information content (AvgIpc) is 2.29. The van der Waals surface area contributed by atoms with Crippen molar-refractivity contribution in [3.8, 4) is 0 Å². The normalized spacial score (nSPS) is 14.8. The average molecular weight is 230 g/mol. The van der Waals surface area contributed by atoms with Crippen molar-refractivity contribution in [1.82, 2.24) is 0 Å². The van der Waals surface area contributed by atoms with Crippen LogP contribution < -0.4 is 0 Å². The maximum absolute atomic E-state index is 13.5. The number of hydrogen-bond donors (Lipinski definition) is 2. The Morgan fingerprint density at radius 1 is 1.31 bits per heavy atom. The van der Waals surface area contributed by atoms with Crippen LogP contribution in [0.1, 0.15) is 31.2 Å². The van der Waals surface area contributed by atoms with E-state index in [0.29, 0.717) is 6.42 Å². The van der Waals surface area contributed by atoms with Gasteiger partial charge >= 0.3 is 0 Å². The van der Waals surface area contributed by atoms with Crippen molar-refractivity contribution in [1.29, 1.82) is 0 Å². The summed E-state index contributed by atoms with van der Waals surface area (Å²) in [6.45, 7) is 1.46. The molecule has 4 heteroatoms. The van der Waals surface area contributed by atoms with Gasteiger partial charge in [-0.1, -0.05) is 6.92 Å². The van der Waals surface area contributed by atoms with Gasteiger partial charge in [0, 0.05) is 0 Å². The van der Waals surface area contributed by atoms with E-state index in [9.17, 15) is 13.9 Å². The van der Waals surface area contributed by atoms with Gasteiger partial charge in [0.1, 0.15) is 11.6 Å². The van der Waals surface area contributed by atoms with Crippen LogP contribution in [0.25, 0.3) is 0 Å². The lowest BCUT2D eigenvalue weighted by Gasteiger charge is -2.18. The minimum absolute atomic E-state index is 0.230. The standard InChI is InChI=1S/C12H16F2O2/c1-2-8(5-10(16)7-15)11-6-9(13)3-4-12(11)14/h3-4,6,8,10,15-16H,2,5,7H2,1H3. The van der Waals surface area contributed by atoms with Gasteiger partial charge in [0.2, 0.25) is 0 Å². The molecule has 0 aliphatic rings. The molecule has 0 radical (unpaired) electrons. The first-order chi connectivity index (χ1) is 7.58. The molecule has 90 valence electrons. The number of aliphatic hydroxyl groups is 2. The van der Waals surface area contributed by atoms with E-state index in [1.165, 1.54) is 0 Å². The summed E-state index contributed by atoms with van der Waals surface area (Å²) in [7, 11) is 0. The molecule has 1 aromatic carbocycles. The molecule has 0 fully saturated rings. The van der Waals surface area contributed by atoms with Gasteiger partial charge in [0.25, 0.3) is 0 Å². The Kier molecular flexibility index (Phi) is 4.83. The second-order valence-corrected chi connectivity index (χ2v) is 3.84. The minimum atomic E-state index is -0.896. The third kappa shape index (κ3) is 3.25. The first-order valence-corrected chi connectivity index (χ1v) is 5.32. The van der Waals surface area contributed by atoms with E-state index >= 15 is 0 Å². The smallest absolute Gasteiger partial charge is 0.126 e. The first kappa shape index (κ1) is 13.1. The van der Waals surface area contributed by atoms with Crippen molar-refractivity contribution in [2.75, 3.05) is 6.61 Å². The van der Waals surface area contributed by atoms with Crippen LogP contribution in [-0.4, -0.2) is 22.9 Å². The van der Waals surface area contributed by atoms with Crippen LogP contribution in [0.3, 0.4) is 0 Å². The third-order valence-electron chi connectivity index (χ3n) is 2.66. The number of benzene rings is 1. The Morgan fingerprint density at radius 3 is 2.56 bits per heavy atom. The molecule has 0 saturated carbocycles. The van der Waals surface area contributed by atoms with Gasteiger partial charge < -0.3 is 10.2 Å². The molecule has 0 heterocycles. The summed E-state index contributed by atoms with van der Waals surface area (Å²) in [4.78, 5) is 0. The van der Waals surface area contributed by atoms with Gasteiger partial charge in [-0.2, -0.15) is 0 Å². The predicted molar refractivity (Wildman–Crippen MR) is 57.1 cm³/mol. The highest BCUT2D eigenvalue weighted by molar-refractivity contribution is 5.22. The number of hydrogen-bond acceptors (Lipinski definition) is 2. The molecule has 1 rings (SSSR count). The lowest BCUT2D eigenvalue weighted by atomic mass is 9.90. The Hall–Kier alpha value is -1.00. The SMILES string of the molecule is CCC(CC(O)CO)c1cc(F)ccc1F. The highest BCUT2D eigenvalue weighted by atomic mass is 19.1. The van der Waals surface area contributed by atoms with Crippen molar-refractivity contribution in [3.05, 3.63) is 35.4 Å². The monoisotopic (exact) mass is 230 g/mol. The Bertz CT molecular complexity index is 342. The lowest BCUT2D eigenvalue weighted by Crippen LogP contribution is -2.17. The number of halogens is 2. The molecule has 1 aromatic rings. The van der Waals surface area contributed by atoms with Crippen LogP contribution in [0, 0.1) is 11.6 Å². The van der Waals surface area contributed by atoms with E-state index in [1.807, 2.05) is 6.92 Å². The van der Waals surface area contributed by atoms with Crippen molar-refractivity contribution in [3.63, 3.8) is 0 Å². The molecular weight excluding hydrogens is 214 g/mol. The van der Waals surface area contributed by atoms with E-state index in [0.717, 1.165) is 18.2 Å². The molecule has 16 heavy (non-hydrogen) atoms. The second kappa shape index (κ2) is 5.92.